The molecule has 0 radical (unpaired) electrons. The van der Waals surface area contributed by atoms with Gasteiger partial charge in [-0.25, -0.2) is 9.18 Å². The monoisotopic (exact) mass is 333 g/mol. The van der Waals surface area contributed by atoms with Crippen molar-refractivity contribution in [2.45, 2.75) is 63.1 Å². The Kier molecular flexibility index (Phi) is 5.14. The van der Waals surface area contributed by atoms with Crippen molar-refractivity contribution in [3.05, 3.63) is 35.6 Å². The van der Waals surface area contributed by atoms with E-state index in [1.54, 1.807) is 6.92 Å². The van der Waals surface area contributed by atoms with Crippen LogP contribution in [0.3, 0.4) is 0 Å². The van der Waals surface area contributed by atoms with Gasteiger partial charge < -0.3 is 10.6 Å². The fraction of sp³-hybridized carbons (Fsp3) is 0.556. The summed E-state index contributed by atoms with van der Waals surface area (Å²) in [5.41, 5.74) is 1.09. The van der Waals surface area contributed by atoms with E-state index in [-0.39, 0.29) is 29.7 Å². The number of rotatable bonds is 5. The molecule has 3 unspecified atom stereocenters. The molecule has 1 aromatic carbocycles. The molecule has 6 heteroatoms. The van der Waals surface area contributed by atoms with Crippen molar-refractivity contribution in [1.82, 2.24) is 16.0 Å². The summed E-state index contributed by atoms with van der Waals surface area (Å²) in [6.45, 7) is 1.76. The molecular formula is C18H24FN3O2. The van der Waals surface area contributed by atoms with Crippen LogP contribution in [0.5, 0.6) is 0 Å². The smallest absolute Gasteiger partial charge is 0.321 e. The van der Waals surface area contributed by atoms with Crippen LogP contribution in [0.2, 0.25) is 0 Å². The second kappa shape index (κ2) is 7.30. The first kappa shape index (κ1) is 16.9. The quantitative estimate of drug-likeness (QED) is 0.775. The number of nitrogens with one attached hydrogen (secondary N) is 3. The van der Waals surface area contributed by atoms with Crippen molar-refractivity contribution >= 4 is 11.9 Å². The molecule has 0 aliphatic heterocycles. The molecule has 24 heavy (non-hydrogen) atoms. The lowest BCUT2D eigenvalue weighted by molar-refractivity contribution is -0.121. The Morgan fingerprint density at radius 1 is 1.12 bits per heavy atom. The molecule has 0 bridgehead atoms. The summed E-state index contributed by atoms with van der Waals surface area (Å²) < 4.78 is 13.1. The van der Waals surface area contributed by atoms with Gasteiger partial charge in [0, 0.05) is 12.1 Å². The van der Waals surface area contributed by atoms with Gasteiger partial charge in [-0.15, -0.1) is 0 Å². The van der Waals surface area contributed by atoms with Crippen molar-refractivity contribution in [3.63, 3.8) is 0 Å². The van der Waals surface area contributed by atoms with Crippen LogP contribution in [0, 0.1) is 5.82 Å². The predicted octanol–water partition coefficient (Wildman–Crippen LogP) is 2.43. The lowest BCUT2D eigenvalue weighted by Crippen LogP contribution is -2.51. The van der Waals surface area contributed by atoms with Crippen LogP contribution < -0.4 is 16.0 Å². The summed E-state index contributed by atoms with van der Waals surface area (Å²) in [6.07, 6.45) is 5.01. The third kappa shape index (κ3) is 4.32. The van der Waals surface area contributed by atoms with E-state index in [0.29, 0.717) is 0 Å². The minimum absolute atomic E-state index is 0.155. The maximum atomic E-state index is 13.1. The Balaban J connectivity index is 1.54. The molecule has 0 saturated heterocycles. The third-order valence-electron chi connectivity index (χ3n) is 4.82. The molecule has 2 aliphatic rings. The van der Waals surface area contributed by atoms with Crippen molar-refractivity contribution in [2.75, 3.05) is 0 Å². The summed E-state index contributed by atoms with van der Waals surface area (Å²) in [6, 6.07) is 6.08. The Morgan fingerprint density at radius 3 is 2.50 bits per heavy atom. The molecule has 3 rings (SSSR count). The lowest BCUT2D eigenvalue weighted by Gasteiger charge is -2.25. The number of hydrogen-bond acceptors (Lipinski definition) is 3. The summed E-state index contributed by atoms with van der Waals surface area (Å²) in [5, 5.41) is 8.46. The minimum Gasteiger partial charge on any atom is -0.335 e. The van der Waals surface area contributed by atoms with Crippen LogP contribution in [-0.4, -0.2) is 30.1 Å². The molecule has 3 amide bonds. The number of benzene rings is 1. The van der Waals surface area contributed by atoms with Crippen molar-refractivity contribution in [1.29, 1.82) is 0 Å². The minimum atomic E-state index is -0.457. The molecule has 2 fully saturated rings. The van der Waals surface area contributed by atoms with Crippen molar-refractivity contribution in [2.24, 2.45) is 0 Å². The molecule has 0 aromatic heterocycles. The summed E-state index contributed by atoms with van der Waals surface area (Å²) in [7, 11) is 0. The maximum absolute atomic E-state index is 13.1. The lowest BCUT2D eigenvalue weighted by atomic mass is 9.93. The Hall–Kier alpha value is -1.95. The number of amides is 3. The van der Waals surface area contributed by atoms with Gasteiger partial charge in [0.05, 0.1) is 6.04 Å². The van der Waals surface area contributed by atoms with E-state index in [1.807, 2.05) is 12.1 Å². The number of carbonyl (C=O) groups excluding carboxylic acids is 2. The number of imide groups is 1. The van der Waals surface area contributed by atoms with E-state index < -0.39 is 12.1 Å². The normalized spacial score (nSPS) is 24.4. The molecule has 2 saturated carbocycles. The Bertz CT molecular complexity index is 601. The first-order valence-electron chi connectivity index (χ1n) is 8.66. The average Bonchev–Trinajstić information content (AvgIpc) is 3.24. The predicted molar refractivity (Wildman–Crippen MR) is 89.1 cm³/mol. The number of urea groups is 1. The molecule has 3 N–H and O–H groups in total. The SMILES string of the molecule is CC(NC1CCCC1c1ccc(F)cc1)C(=O)NC(=O)NC1CC1. The molecule has 130 valence electrons. The Morgan fingerprint density at radius 2 is 1.83 bits per heavy atom. The molecule has 0 heterocycles. The highest BCUT2D eigenvalue weighted by atomic mass is 19.1. The van der Waals surface area contributed by atoms with E-state index in [0.717, 1.165) is 37.7 Å². The highest BCUT2D eigenvalue weighted by Gasteiger charge is 2.31. The van der Waals surface area contributed by atoms with Gasteiger partial charge >= 0.3 is 6.03 Å². The molecule has 3 atom stereocenters. The van der Waals surface area contributed by atoms with Gasteiger partial charge in [-0.3, -0.25) is 10.1 Å². The van der Waals surface area contributed by atoms with Gasteiger partial charge in [-0.1, -0.05) is 18.6 Å². The van der Waals surface area contributed by atoms with E-state index in [1.165, 1.54) is 12.1 Å². The summed E-state index contributed by atoms with van der Waals surface area (Å²) >= 11 is 0. The largest absolute Gasteiger partial charge is 0.335 e. The number of halogens is 1. The zero-order chi connectivity index (χ0) is 17.1. The molecule has 0 spiro atoms. The van der Waals surface area contributed by atoms with Gasteiger partial charge in [0.25, 0.3) is 0 Å². The molecule has 2 aliphatic carbocycles. The molecule has 5 nitrogen and oxygen atoms in total. The highest BCUT2D eigenvalue weighted by Crippen LogP contribution is 2.34. The zero-order valence-electron chi connectivity index (χ0n) is 13.8. The second-order valence-corrected chi connectivity index (χ2v) is 6.82. The van der Waals surface area contributed by atoms with E-state index in [2.05, 4.69) is 16.0 Å². The average molecular weight is 333 g/mol. The maximum Gasteiger partial charge on any atom is 0.321 e. The molecule has 1 aromatic rings. The Labute approximate surface area is 141 Å². The van der Waals surface area contributed by atoms with Crippen LogP contribution in [0.4, 0.5) is 9.18 Å². The van der Waals surface area contributed by atoms with Gasteiger partial charge in [-0.05, 0) is 56.2 Å². The van der Waals surface area contributed by atoms with Crippen LogP contribution in [0.15, 0.2) is 24.3 Å². The van der Waals surface area contributed by atoms with Gasteiger partial charge in [0.2, 0.25) is 5.91 Å². The fourth-order valence-corrected chi connectivity index (χ4v) is 3.33. The topological polar surface area (TPSA) is 70.2 Å². The van der Waals surface area contributed by atoms with Crippen LogP contribution >= 0.6 is 0 Å². The number of hydrogen-bond donors (Lipinski definition) is 3. The van der Waals surface area contributed by atoms with Crippen LogP contribution in [0.25, 0.3) is 0 Å². The van der Waals surface area contributed by atoms with Crippen molar-refractivity contribution < 1.29 is 14.0 Å². The van der Waals surface area contributed by atoms with Crippen LogP contribution in [0.1, 0.15) is 50.5 Å². The van der Waals surface area contributed by atoms with Gasteiger partial charge in [0.1, 0.15) is 5.82 Å². The standard InChI is InChI=1S/C18H24FN3O2/c1-11(17(23)22-18(24)21-14-9-10-14)20-16-4-2-3-15(16)12-5-7-13(19)8-6-12/h5-8,11,14-16,20H,2-4,9-10H2,1H3,(H2,21,22,23,24). The van der Waals surface area contributed by atoms with E-state index in [4.69, 9.17) is 0 Å². The highest BCUT2D eigenvalue weighted by molar-refractivity contribution is 5.97. The zero-order valence-corrected chi connectivity index (χ0v) is 13.8. The fourth-order valence-electron chi connectivity index (χ4n) is 3.33. The van der Waals surface area contributed by atoms with Gasteiger partial charge in [-0.2, -0.15) is 0 Å². The first-order valence-corrected chi connectivity index (χ1v) is 8.66. The van der Waals surface area contributed by atoms with Gasteiger partial charge in [0.15, 0.2) is 0 Å². The summed E-state index contributed by atoms with van der Waals surface area (Å²) in [5.74, 6) is -0.297. The molecular weight excluding hydrogens is 309 g/mol. The van der Waals surface area contributed by atoms with E-state index in [9.17, 15) is 14.0 Å². The summed E-state index contributed by atoms with van der Waals surface area (Å²) in [4.78, 5) is 23.8. The number of carbonyl (C=O) groups is 2. The van der Waals surface area contributed by atoms with E-state index >= 15 is 0 Å². The van der Waals surface area contributed by atoms with Crippen molar-refractivity contribution in [3.8, 4) is 0 Å². The third-order valence-corrected chi connectivity index (χ3v) is 4.82. The first-order chi connectivity index (χ1) is 11.5. The second-order valence-electron chi connectivity index (χ2n) is 6.82. The van der Waals surface area contributed by atoms with Crippen LogP contribution in [-0.2, 0) is 4.79 Å².